The molecule has 6 nitrogen and oxygen atoms in total. The Kier molecular flexibility index (Phi) is 6.18. The van der Waals surface area contributed by atoms with Crippen LogP contribution in [0.4, 0.5) is 20.4 Å². The van der Waals surface area contributed by atoms with Gasteiger partial charge in [-0.15, -0.1) is 0 Å². The minimum absolute atomic E-state index is 0.0666. The molecular formula is C26H28F2N4O2. The molecule has 0 unspecified atom stereocenters. The van der Waals surface area contributed by atoms with Gasteiger partial charge in [0, 0.05) is 25.7 Å². The van der Waals surface area contributed by atoms with Crippen molar-refractivity contribution in [3.63, 3.8) is 0 Å². The number of anilines is 2. The van der Waals surface area contributed by atoms with Gasteiger partial charge in [-0.3, -0.25) is 0 Å². The van der Waals surface area contributed by atoms with Crippen LogP contribution in [-0.2, 0) is 10.3 Å². The van der Waals surface area contributed by atoms with E-state index in [1.807, 2.05) is 31.2 Å². The summed E-state index contributed by atoms with van der Waals surface area (Å²) < 4.78 is 32.9. The van der Waals surface area contributed by atoms with Crippen LogP contribution in [0.2, 0.25) is 0 Å². The van der Waals surface area contributed by atoms with Crippen molar-refractivity contribution in [1.29, 1.82) is 0 Å². The molecule has 0 aliphatic carbocycles. The average molecular weight is 467 g/mol. The molecule has 178 valence electrons. The van der Waals surface area contributed by atoms with Crippen LogP contribution < -0.4 is 9.80 Å². The highest BCUT2D eigenvalue weighted by molar-refractivity contribution is 5.53. The number of benzene rings is 2. The Labute approximate surface area is 197 Å². The Morgan fingerprint density at radius 2 is 1.68 bits per heavy atom. The smallest absolute Gasteiger partial charge is 0.159 e. The van der Waals surface area contributed by atoms with Crippen molar-refractivity contribution in [2.24, 2.45) is 0 Å². The summed E-state index contributed by atoms with van der Waals surface area (Å²) in [7, 11) is 0. The fraction of sp³-hybridized carbons (Fsp3) is 0.385. The number of aryl methyl sites for hydroxylation is 1. The van der Waals surface area contributed by atoms with E-state index in [0.717, 1.165) is 30.3 Å². The van der Waals surface area contributed by atoms with Crippen LogP contribution in [0.3, 0.4) is 0 Å². The van der Waals surface area contributed by atoms with Gasteiger partial charge in [-0.2, -0.15) is 0 Å². The summed E-state index contributed by atoms with van der Waals surface area (Å²) in [5, 5.41) is 11.1. The number of halogens is 2. The van der Waals surface area contributed by atoms with E-state index in [2.05, 4.69) is 26.9 Å². The largest absolute Gasteiger partial charge is 0.385 e. The number of aromatic nitrogens is 2. The minimum Gasteiger partial charge on any atom is -0.385 e. The fourth-order valence-corrected chi connectivity index (χ4v) is 4.85. The fourth-order valence-electron chi connectivity index (χ4n) is 4.85. The van der Waals surface area contributed by atoms with Gasteiger partial charge in [0.05, 0.1) is 24.9 Å². The SMILES string of the molecule is Cc1nc(N2CCC(O)(c3ccc(F)c(F)c3)CC2)cc(N2CCOC[C@H]2c2ccccc2)n1. The highest BCUT2D eigenvalue weighted by Gasteiger charge is 2.35. The Morgan fingerprint density at radius 3 is 2.41 bits per heavy atom. The van der Waals surface area contributed by atoms with E-state index in [0.29, 0.717) is 50.5 Å². The normalized spacial score (nSPS) is 20.4. The van der Waals surface area contributed by atoms with E-state index >= 15 is 0 Å². The summed E-state index contributed by atoms with van der Waals surface area (Å²) in [5.41, 5.74) is 0.387. The number of morpholine rings is 1. The molecule has 34 heavy (non-hydrogen) atoms. The quantitative estimate of drug-likeness (QED) is 0.624. The zero-order chi connectivity index (χ0) is 23.7. The molecule has 1 aromatic heterocycles. The molecule has 2 aromatic carbocycles. The van der Waals surface area contributed by atoms with Gasteiger partial charge in [-0.1, -0.05) is 36.4 Å². The second kappa shape index (κ2) is 9.27. The molecule has 2 saturated heterocycles. The van der Waals surface area contributed by atoms with Crippen LogP contribution >= 0.6 is 0 Å². The van der Waals surface area contributed by atoms with Crippen molar-refractivity contribution in [1.82, 2.24) is 9.97 Å². The predicted octanol–water partition coefficient (Wildman–Crippen LogP) is 4.13. The Hall–Kier alpha value is -3.10. The van der Waals surface area contributed by atoms with Crippen LogP contribution in [0.1, 0.15) is 35.8 Å². The molecule has 0 bridgehead atoms. The van der Waals surface area contributed by atoms with E-state index in [1.165, 1.54) is 11.6 Å². The van der Waals surface area contributed by atoms with Crippen LogP contribution in [0.25, 0.3) is 0 Å². The lowest BCUT2D eigenvalue weighted by atomic mass is 9.84. The predicted molar refractivity (Wildman–Crippen MR) is 126 cm³/mol. The first-order valence-corrected chi connectivity index (χ1v) is 11.6. The molecule has 5 rings (SSSR count). The molecule has 0 saturated carbocycles. The second-order valence-electron chi connectivity index (χ2n) is 8.97. The number of rotatable bonds is 4. The van der Waals surface area contributed by atoms with Crippen LogP contribution in [0, 0.1) is 18.6 Å². The summed E-state index contributed by atoms with van der Waals surface area (Å²) in [6.07, 6.45) is 0.779. The molecule has 0 amide bonds. The number of ether oxygens (including phenoxy) is 1. The van der Waals surface area contributed by atoms with E-state index in [-0.39, 0.29) is 6.04 Å². The Bertz CT molecular complexity index is 1150. The first-order valence-electron chi connectivity index (χ1n) is 11.6. The molecule has 0 spiro atoms. The zero-order valence-electron chi connectivity index (χ0n) is 19.1. The molecule has 3 aromatic rings. The summed E-state index contributed by atoms with van der Waals surface area (Å²) >= 11 is 0. The van der Waals surface area contributed by atoms with Gasteiger partial charge in [0.15, 0.2) is 11.6 Å². The van der Waals surface area contributed by atoms with E-state index in [9.17, 15) is 13.9 Å². The summed E-state index contributed by atoms with van der Waals surface area (Å²) in [6, 6.07) is 16.0. The molecule has 3 heterocycles. The third-order valence-corrected chi connectivity index (χ3v) is 6.79. The number of aliphatic hydroxyl groups is 1. The monoisotopic (exact) mass is 466 g/mol. The number of hydrogen-bond acceptors (Lipinski definition) is 6. The van der Waals surface area contributed by atoms with Crippen LogP contribution in [0.15, 0.2) is 54.6 Å². The highest BCUT2D eigenvalue weighted by atomic mass is 19.2. The number of piperidine rings is 1. The summed E-state index contributed by atoms with van der Waals surface area (Å²) in [5.74, 6) is 0.468. The Morgan fingerprint density at radius 1 is 0.941 bits per heavy atom. The van der Waals surface area contributed by atoms with Crippen molar-refractivity contribution in [3.05, 3.63) is 83.2 Å². The van der Waals surface area contributed by atoms with Crippen molar-refractivity contribution in [2.45, 2.75) is 31.4 Å². The third-order valence-electron chi connectivity index (χ3n) is 6.79. The topological polar surface area (TPSA) is 61.7 Å². The summed E-state index contributed by atoms with van der Waals surface area (Å²) in [6.45, 7) is 4.91. The third kappa shape index (κ3) is 4.48. The van der Waals surface area contributed by atoms with Crippen LogP contribution in [-0.4, -0.2) is 47.9 Å². The number of nitrogens with zero attached hydrogens (tertiary/aromatic N) is 4. The Balaban J connectivity index is 1.36. The molecule has 1 N–H and O–H groups in total. The summed E-state index contributed by atoms with van der Waals surface area (Å²) in [4.78, 5) is 13.8. The average Bonchev–Trinajstić information content (AvgIpc) is 2.86. The lowest BCUT2D eigenvalue weighted by molar-refractivity contribution is 0.0113. The molecular weight excluding hydrogens is 438 g/mol. The van der Waals surface area contributed by atoms with E-state index < -0.39 is 17.2 Å². The van der Waals surface area contributed by atoms with E-state index in [4.69, 9.17) is 9.72 Å². The second-order valence-corrected chi connectivity index (χ2v) is 8.97. The molecule has 1 atom stereocenters. The van der Waals surface area contributed by atoms with Gasteiger partial charge in [-0.25, -0.2) is 18.7 Å². The molecule has 8 heteroatoms. The van der Waals surface area contributed by atoms with Gasteiger partial charge in [-0.05, 0) is 43.0 Å². The van der Waals surface area contributed by atoms with Gasteiger partial charge in [0.1, 0.15) is 17.5 Å². The zero-order valence-corrected chi connectivity index (χ0v) is 19.1. The highest BCUT2D eigenvalue weighted by Crippen LogP contribution is 2.36. The lowest BCUT2D eigenvalue weighted by Gasteiger charge is -2.40. The molecule has 2 aliphatic heterocycles. The van der Waals surface area contributed by atoms with Gasteiger partial charge in [0.25, 0.3) is 0 Å². The van der Waals surface area contributed by atoms with Crippen LogP contribution in [0.5, 0.6) is 0 Å². The van der Waals surface area contributed by atoms with Gasteiger partial charge < -0.3 is 19.6 Å². The van der Waals surface area contributed by atoms with E-state index in [1.54, 1.807) is 0 Å². The standard InChI is InChI=1S/C26H28F2N4O2/c1-18-29-24(31-11-9-26(33,10-12-31)20-7-8-21(27)22(28)15-20)16-25(30-18)32-13-14-34-17-23(32)19-5-3-2-4-6-19/h2-8,15-16,23,33H,9-14,17H2,1H3/t23-/m0/s1. The van der Waals surface area contributed by atoms with Crippen molar-refractivity contribution >= 4 is 11.6 Å². The maximum absolute atomic E-state index is 13.7. The molecule has 2 aliphatic rings. The first-order chi connectivity index (χ1) is 16.4. The maximum atomic E-state index is 13.7. The van der Waals surface area contributed by atoms with Gasteiger partial charge in [0.2, 0.25) is 0 Å². The minimum atomic E-state index is -1.20. The first kappa shape index (κ1) is 22.7. The lowest BCUT2D eigenvalue weighted by Crippen LogP contribution is -2.43. The van der Waals surface area contributed by atoms with Gasteiger partial charge >= 0.3 is 0 Å². The van der Waals surface area contributed by atoms with Crippen molar-refractivity contribution < 1.29 is 18.6 Å². The molecule has 2 fully saturated rings. The maximum Gasteiger partial charge on any atom is 0.159 e. The van der Waals surface area contributed by atoms with Crippen molar-refractivity contribution in [2.75, 3.05) is 42.6 Å². The van der Waals surface area contributed by atoms with Crippen molar-refractivity contribution in [3.8, 4) is 0 Å². The number of hydrogen-bond donors (Lipinski definition) is 1. The molecule has 0 radical (unpaired) electrons.